The van der Waals surface area contributed by atoms with Crippen LogP contribution in [0.25, 0.3) is 27.6 Å². The summed E-state index contributed by atoms with van der Waals surface area (Å²) in [7, 11) is 0. The minimum atomic E-state index is -1.81. The largest absolute Gasteiger partial charge is 0.481 e. The van der Waals surface area contributed by atoms with Gasteiger partial charge in [-0.3, -0.25) is 38.4 Å². The Morgan fingerprint density at radius 3 is 1.41 bits per heavy atom. The van der Waals surface area contributed by atoms with Crippen LogP contribution in [0.15, 0.2) is 168 Å². The fourth-order valence-electron chi connectivity index (χ4n) is 10.2. The number of aromatic nitrogens is 3. The van der Waals surface area contributed by atoms with E-state index in [1.54, 1.807) is 126 Å². The molecule has 696 valence electrons. The third-order valence-corrected chi connectivity index (χ3v) is 17.2. The van der Waals surface area contributed by atoms with Gasteiger partial charge in [0.25, 0.3) is 35.4 Å². The van der Waals surface area contributed by atoms with Gasteiger partial charge in [0, 0.05) is 84.6 Å². The van der Waals surface area contributed by atoms with Gasteiger partial charge in [0.05, 0.1) is 28.1 Å². The number of amides is 7. The van der Waals surface area contributed by atoms with E-state index in [2.05, 4.69) is 110 Å². The maximum atomic E-state index is 13.4. The number of H-pyrrole nitrogens is 1. The Kier molecular flexibility index (Phi) is 44.0. The number of hydrogen-bond donors (Lipinski definition) is 9. The average Bonchev–Trinajstić information content (AvgIpc) is 0.991. The molecule has 0 saturated carbocycles. The standard InChI is InChI=1S/C15H18N2O.C15H19NO.C13H19NO2.C13H19NO.C11H12F4N2O.2C11H14N4O.C10H12N2OS/c1-11(14(18)17-15(2,3)4)9-12-5-7-13(10-16)8-6-12;1-15(2,3)10-4-5-14(17)13-8-6-12(11-16)7-9-13;1-10(12(15)14-13(2,3)4)16-11-8-6-5-7-9-11;1-10-5-7-11(8-6-10)12(15)14-9-13(2,3)4;1-11(2,3)17-10(18)4-5(12)7(14)9(16)8(15)6(4)13;1-11(2,3)12-10(16)7-4-5-8-9(6-7)14-15-13-8;1-11(2,3)13-10(16)8-4-6-9(7-5-8)14-15-12;1-10(2,3)12-9(13)8-5-4-7(6-11)14-8/h5-9H,1-4H3,(H,17,18);6-9H,4-5,10H2,1-3H3;5-10H,1-4H3,(H,14,15);5-8H,9H2,1-4H3,(H,14,15);16H2,1-3H3,(H,17,18);4-6H,1-3H3,(H,12,16)(H,13,14,15);4-7H,1-3H3,(H,13,16);4-5H,1-3H3,(H,12,13)/b11-9-;;;;;;;. The zero-order valence-corrected chi connectivity index (χ0v) is 80.6. The summed E-state index contributed by atoms with van der Waals surface area (Å²) in [5.74, 6) is -8.11. The molecule has 26 nitrogen and oxygen atoms in total. The Morgan fingerprint density at radius 2 is 0.954 bits per heavy atom. The predicted octanol–water partition coefficient (Wildman–Crippen LogP) is 21.1. The zero-order valence-electron chi connectivity index (χ0n) is 79.7. The van der Waals surface area contributed by atoms with E-state index in [9.17, 15) is 55.9 Å². The van der Waals surface area contributed by atoms with Gasteiger partial charge in [-0.2, -0.15) is 31.2 Å². The van der Waals surface area contributed by atoms with Gasteiger partial charge in [0.15, 0.2) is 35.2 Å². The monoisotopic (exact) mass is 1810 g/mol. The molecule has 10 N–H and O–H groups in total. The number of benzene rings is 7. The number of nitrogen functional groups attached to an aromatic ring is 1. The highest BCUT2D eigenvalue weighted by molar-refractivity contribution is 7.14. The van der Waals surface area contributed by atoms with E-state index < -0.39 is 52.1 Å². The van der Waals surface area contributed by atoms with Crippen LogP contribution in [-0.4, -0.2) is 108 Å². The van der Waals surface area contributed by atoms with Gasteiger partial charge in [-0.15, -0.1) is 11.3 Å². The normalized spacial score (nSPS) is 11.4. The number of fused-ring (bicyclic) bond motifs is 1. The lowest BCUT2D eigenvalue weighted by atomic mass is 9.89. The van der Waals surface area contributed by atoms with Crippen molar-refractivity contribution < 1.29 is 60.7 Å². The number of nitriles is 3. The smallest absolute Gasteiger partial charge is 0.261 e. The Bertz CT molecular complexity index is 5450. The molecule has 0 fully saturated rings. The lowest BCUT2D eigenvalue weighted by Gasteiger charge is -2.23. The van der Waals surface area contributed by atoms with Crippen LogP contribution in [0, 0.1) is 75.0 Å². The van der Waals surface area contributed by atoms with E-state index in [1.807, 2.05) is 196 Å². The summed E-state index contributed by atoms with van der Waals surface area (Å²) in [6, 6.07) is 52.1. The van der Waals surface area contributed by atoms with Crippen LogP contribution in [0.2, 0.25) is 0 Å². The predicted molar refractivity (Wildman–Crippen MR) is 507 cm³/mol. The van der Waals surface area contributed by atoms with Crippen LogP contribution in [0.5, 0.6) is 5.75 Å². The molecule has 0 saturated heterocycles. The van der Waals surface area contributed by atoms with E-state index in [-0.39, 0.29) is 79.8 Å². The van der Waals surface area contributed by atoms with Gasteiger partial charge in [0.1, 0.15) is 39.0 Å². The van der Waals surface area contributed by atoms with Crippen molar-refractivity contribution >= 4 is 87.0 Å². The lowest BCUT2D eigenvalue weighted by molar-refractivity contribution is -0.128. The SMILES string of the molecule is C/C(=C/c1ccc(C#N)cc1)C(=O)NC(C)(C)C.CC(C)(C)CCCC(=O)c1ccc(C#N)cc1.CC(C)(C)NC(=O)c1c(F)c(F)c(N)c(F)c1F.CC(C)(C)NC(=O)c1ccc(C#N)s1.CC(C)(C)NC(=O)c1ccc(N=[N+]=[N-])cc1.CC(C)(C)NC(=O)c1ccc2n[nH]nc2c1.CC(Oc1ccccc1)C(=O)NC(C)(C)C.Cc1ccc(C(=O)NCC(C)(C)C)cc1. The molecule has 0 aliphatic carbocycles. The number of ether oxygens (including phenoxy) is 1. The molecule has 2 heterocycles. The molecular weight excluding hydrogens is 1680 g/mol. The first-order valence-electron chi connectivity index (χ1n) is 41.7. The number of nitrogens with two attached hydrogens (primary N) is 1. The number of carbonyl (C=O) groups excluding carboxylic acids is 8. The van der Waals surface area contributed by atoms with E-state index in [1.165, 1.54) is 16.9 Å². The quantitative estimate of drug-likeness (QED) is 0.00634. The zero-order chi connectivity index (χ0) is 99.3. The second kappa shape index (κ2) is 50.8. The number of anilines is 1. The molecule has 7 amide bonds. The van der Waals surface area contributed by atoms with Gasteiger partial charge in [0.2, 0.25) is 5.91 Å². The van der Waals surface area contributed by atoms with Crippen molar-refractivity contribution in [1.82, 2.24) is 52.6 Å². The Hall–Kier alpha value is -13.6. The number of thiophene rings is 1. The van der Waals surface area contributed by atoms with E-state index in [4.69, 9.17) is 31.8 Å². The van der Waals surface area contributed by atoms with Crippen LogP contribution in [0.3, 0.4) is 0 Å². The van der Waals surface area contributed by atoms with Gasteiger partial charge < -0.3 is 47.7 Å². The van der Waals surface area contributed by atoms with Gasteiger partial charge in [-0.05, 0) is 277 Å². The molecule has 1 atom stereocenters. The van der Waals surface area contributed by atoms with E-state index in [0.717, 1.165) is 29.5 Å². The molecule has 2 aromatic heterocycles. The molecule has 0 spiro atoms. The second-order valence-electron chi connectivity index (χ2n) is 38.6. The summed E-state index contributed by atoms with van der Waals surface area (Å²) in [6.45, 7) is 52.7. The number of nitrogens with one attached hydrogen (secondary N) is 8. The summed E-state index contributed by atoms with van der Waals surface area (Å²) < 4.78 is 58.6. The number of rotatable bonds is 16. The Balaban J connectivity index is 0.000000503. The van der Waals surface area contributed by atoms with Crippen molar-refractivity contribution in [1.29, 1.82) is 15.8 Å². The van der Waals surface area contributed by atoms with E-state index in [0.29, 0.717) is 73.1 Å². The fourth-order valence-corrected chi connectivity index (χ4v) is 10.9. The Labute approximate surface area is 766 Å². The van der Waals surface area contributed by atoms with Crippen LogP contribution in [0.1, 0.15) is 288 Å². The average molecular weight is 1810 g/mol. The third kappa shape index (κ3) is 46.3. The minimum Gasteiger partial charge on any atom is -0.481 e. The van der Waals surface area contributed by atoms with Crippen molar-refractivity contribution in [2.24, 2.45) is 15.9 Å². The molecule has 31 heteroatoms. The molecule has 7 aromatic carbocycles. The molecule has 0 aliphatic rings. The molecule has 9 aromatic rings. The van der Waals surface area contributed by atoms with Crippen molar-refractivity contribution in [3.05, 3.63) is 257 Å². The number of halogens is 4. The van der Waals surface area contributed by atoms with Crippen LogP contribution in [-0.2, 0) is 9.59 Å². The number of ketones is 1. The van der Waals surface area contributed by atoms with Crippen molar-refractivity contribution in [3.63, 3.8) is 0 Å². The summed E-state index contributed by atoms with van der Waals surface area (Å²) >= 11 is 1.21. The summed E-state index contributed by atoms with van der Waals surface area (Å²) in [5.41, 5.74) is 17.3. The molecule has 1 unspecified atom stereocenters. The highest BCUT2D eigenvalue weighted by Gasteiger charge is 2.31. The van der Waals surface area contributed by atoms with Gasteiger partial charge in [-0.25, -0.2) is 17.6 Å². The molecule has 9 rings (SSSR count). The molecule has 0 aliphatic heterocycles. The fraction of sp³-hybridized carbons (Fsp3) is 0.404. The van der Waals surface area contributed by atoms with Crippen molar-refractivity contribution in [2.75, 3.05) is 12.3 Å². The third-order valence-electron chi connectivity index (χ3n) is 16.2. The number of hydrogen-bond acceptors (Lipinski definition) is 17. The maximum absolute atomic E-state index is 13.4. The molecule has 0 bridgehead atoms. The summed E-state index contributed by atoms with van der Waals surface area (Å²) in [5, 5.41) is 59.2. The Morgan fingerprint density at radius 1 is 0.515 bits per heavy atom. The first-order chi connectivity index (χ1) is 59.9. The van der Waals surface area contributed by atoms with Crippen molar-refractivity contribution in [2.45, 2.75) is 246 Å². The van der Waals surface area contributed by atoms with Crippen LogP contribution >= 0.6 is 11.3 Å². The van der Waals surface area contributed by atoms with Crippen LogP contribution < -0.4 is 47.7 Å². The first kappa shape index (κ1) is 113. The summed E-state index contributed by atoms with van der Waals surface area (Å²) in [4.78, 5) is 97.6. The number of nitrogens with zero attached hydrogens (tertiary/aromatic N) is 8. The minimum absolute atomic E-state index is 0.00456. The topological polar surface area (TPSA) is 418 Å². The number of carbonyl (C=O) groups is 8. The molecule has 0 radical (unpaired) electrons. The highest BCUT2D eigenvalue weighted by Crippen LogP contribution is 2.28. The second-order valence-corrected chi connectivity index (χ2v) is 39.7. The molecule has 130 heavy (non-hydrogen) atoms. The van der Waals surface area contributed by atoms with Crippen LogP contribution in [0.4, 0.5) is 28.9 Å². The van der Waals surface area contributed by atoms with E-state index >= 15 is 0 Å². The first-order valence-corrected chi connectivity index (χ1v) is 42.5. The number of Topliss-reactive ketones (excluding diaryl/α,β-unsaturated/α-hetero) is 1. The number of aromatic amines is 1. The molecular formula is C99H127F4N17O9S. The highest BCUT2D eigenvalue weighted by atomic mass is 32.1. The maximum Gasteiger partial charge on any atom is 0.261 e. The number of azide groups is 1. The number of aryl methyl sites for hydroxylation is 1. The van der Waals surface area contributed by atoms with Gasteiger partial charge >= 0.3 is 0 Å². The summed E-state index contributed by atoms with van der Waals surface area (Å²) in [6.07, 6.45) is 3.88. The lowest BCUT2D eigenvalue weighted by Crippen LogP contribution is -2.46. The van der Waals surface area contributed by atoms with Crippen molar-refractivity contribution in [3.8, 4) is 24.0 Å². The number of para-hydroxylation sites is 1. The van der Waals surface area contributed by atoms with Gasteiger partial charge in [-0.1, -0.05) is 119 Å².